The second-order valence-electron chi connectivity index (χ2n) is 3.41. The van der Waals surface area contributed by atoms with Gasteiger partial charge in [-0.2, -0.15) is 5.01 Å². The van der Waals surface area contributed by atoms with E-state index in [-0.39, 0.29) is 12.4 Å². The molecule has 0 aromatic heterocycles. The highest BCUT2D eigenvalue weighted by Crippen LogP contribution is 2.10. The Balaban J connectivity index is 0.00000128. The van der Waals surface area contributed by atoms with E-state index in [4.69, 9.17) is 15.7 Å². The van der Waals surface area contributed by atoms with Crippen LogP contribution in [0.5, 0.6) is 5.75 Å². The molecular formula is C10H14ClN3O2. The molecule has 0 aliphatic carbocycles. The Kier molecular flexibility index (Phi) is 4.28. The van der Waals surface area contributed by atoms with E-state index in [1.165, 1.54) is 5.56 Å². The van der Waals surface area contributed by atoms with Crippen LogP contribution in [0.25, 0.3) is 0 Å². The minimum Gasteiger partial charge on any atom is -1.00 e. The fourth-order valence-electron chi connectivity index (χ4n) is 1.39. The van der Waals surface area contributed by atoms with Crippen molar-refractivity contribution in [1.82, 2.24) is 5.01 Å². The lowest BCUT2D eigenvalue weighted by atomic mass is 10.1. The third-order valence-electron chi connectivity index (χ3n) is 2.21. The van der Waals surface area contributed by atoms with Gasteiger partial charge in [0.25, 0.3) is 5.88 Å². The summed E-state index contributed by atoms with van der Waals surface area (Å²) in [6, 6.07) is 7.17. The second-order valence-corrected chi connectivity index (χ2v) is 3.41. The zero-order chi connectivity index (χ0) is 10.7. The highest BCUT2D eigenvalue weighted by molar-refractivity contribution is 5.25. The summed E-state index contributed by atoms with van der Waals surface area (Å²) in [5, 5.41) is 11.0. The van der Waals surface area contributed by atoms with Crippen molar-refractivity contribution in [3.05, 3.63) is 41.9 Å². The van der Waals surface area contributed by atoms with Gasteiger partial charge in [-0.05, 0) is 24.1 Å². The molecule has 1 aromatic carbocycles. The molecule has 0 unspecified atom stereocenters. The quantitative estimate of drug-likeness (QED) is 0.480. The number of hydrogen-bond acceptors (Lipinski definition) is 4. The number of rotatable bonds is 3. The van der Waals surface area contributed by atoms with Crippen LogP contribution >= 0.6 is 0 Å². The summed E-state index contributed by atoms with van der Waals surface area (Å²) >= 11 is 0. The first-order valence-electron chi connectivity index (χ1n) is 4.75. The Hall–Kier alpha value is -1.59. The van der Waals surface area contributed by atoms with Crippen LogP contribution in [0.15, 0.2) is 36.3 Å². The molecule has 1 aromatic rings. The van der Waals surface area contributed by atoms with Gasteiger partial charge in [0.05, 0.1) is 6.54 Å². The van der Waals surface area contributed by atoms with Crippen molar-refractivity contribution in [2.24, 2.45) is 5.73 Å². The van der Waals surface area contributed by atoms with E-state index in [1.54, 1.807) is 23.9 Å². The van der Waals surface area contributed by atoms with Gasteiger partial charge in [-0.25, -0.2) is 0 Å². The normalized spacial score (nSPS) is 14.0. The minimum absolute atomic E-state index is 0. The lowest BCUT2D eigenvalue weighted by molar-refractivity contribution is -0.971. The molecule has 0 spiro atoms. The van der Waals surface area contributed by atoms with Gasteiger partial charge in [-0.3, -0.25) is 4.84 Å². The Morgan fingerprint density at radius 2 is 2.00 bits per heavy atom. The number of nitrogens with two attached hydrogens (primary N) is 2. The minimum atomic E-state index is 0. The van der Waals surface area contributed by atoms with E-state index in [0.717, 1.165) is 13.0 Å². The molecular weight excluding hydrogens is 230 g/mol. The summed E-state index contributed by atoms with van der Waals surface area (Å²) < 4.78 is 0. The molecule has 0 amide bonds. The molecule has 0 radical (unpaired) electrons. The number of hydrogen-bond donors (Lipinski definition) is 3. The van der Waals surface area contributed by atoms with Crippen LogP contribution in [-0.2, 0) is 11.3 Å². The number of phenolic OH excluding ortho intramolecular Hbond substituents is 1. The van der Waals surface area contributed by atoms with Crippen molar-refractivity contribution in [3.63, 3.8) is 0 Å². The highest BCUT2D eigenvalue weighted by atomic mass is 35.5. The first-order valence-corrected chi connectivity index (χ1v) is 4.75. The molecule has 1 heterocycles. The number of benzene rings is 1. The van der Waals surface area contributed by atoms with E-state index in [2.05, 4.69) is 0 Å². The van der Waals surface area contributed by atoms with Crippen LogP contribution in [0.1, 0.15) is 5.56 Å². The molecule has 16 heavy (non-hydrogen) atoms. The van der Waals surface area contributed by atoms with Crippen LogP contribution in [0, 0.1) is 0 Å². The molecule has 5 N–H and O–H groups in total. The van der Waals surface area contributed by atoms with E-state index in [9.17, 15) is 0 Å². The number of phenols is 1. The van der Waals surface area contributed by atoms with Gasteiger partial charge in [0, 0.05) is 0 Å². The topological polar surface area (TPSA) is 75.3 Å². The average Bonchev–Trinajstić information content (AvgIpc) is 2.64. The molecule has 2 rings (SSSR count). The average molecular weight is 244 g/mol. The maximum absolute atomic E-state index is 9.11. The smallest absolute Gasteiger partial charge is 0.277 e. The summed E-state index contributed by atoms with van der Waals surface area (Å²) in [6.07, 6.45) is 2.63. The van der Waals surface area contributed by atoms with E-state index >= 15 is 0 Å². The zero-order valence-electron chi connectivity index (χ0n) is 8.64. The SMILES string of the molecule is NC1=CN(CCc2ccc(O)cc2)[NH2+]O1.[Cl-]. The van der Waals surface area contributed by atoms with Crippen LogP contribution < -0.4 is 23.7 Å². The van der Waals surface area contributed by atoms with Crippen LogP contribution in [0.2, 0.25) is 0 Å². The number of nitrogens with zero attached hydrogens (tertiary/aromatic N) is 1. The number of quaternary nitrogens is 1. The van der Waals surface area contributed by atoms with Crippen molar-refractivity contribution in [1.29, 1.82) is 0 Å². The van der Waals surface area contributed by atoms with E-state index in [0.29, 0.717) is 11.6 Å². The Bertz CT molecular complexity index is 367. The molecule has 88 valence electrons. The van der Waals surface area contributed by atoms with Crippen molar-refractivity contribution in [3.8, 4) is 5.75 Å². The van der Waals surface area contributed by atoms with Gasteiger partial charge < -0.3 is 23.2 Å². The highest BCUT2D eigenvalue weighted by Gasteiger charge is 2.13. The first kappa shape index (κ1) is 12.5. The number of halogens is 1. The van der Waals surface area contributed by atoms with Gasteiger partial charge in [0.1, 0.15) is 11.9 Å². The monoisotopic (exact) mass is 243 g/mol. The van der Waals surface area contributed by atoms with Gasteiger partial charge in [-0.15, -0.1) is 0 Å². The molecule has 0 fully saturated rings. The summed E-state index contributed by atoms with van der Waals surface area (Å²) in [6.45, 7) is 0.811. The summed E-state index contributed by atoms with van der Waals surface area (Å²) in [5.74, 6) is 0.708. The molecule has 0 saturated carbocycles. The Morgan fingerprint density at radius 3 is 2.56 bits per heavy atom. The number of aromatic hydroxyl groups is 1. The molecule has 1 aliphatic heterocycles. The van der Waals surface area contributed by atoms with Gasteiger partial charge in [0.2, 0.25) is 0 Å². The zero-order valence-corrected chi connectivity index (χ0v) is 9.39. The third kappa shape index (κ3) is 3.22. The summed E-state index contributed by atoms with van der Waals surface area (Å²) in [5.41, 5.74) is 8.21. The van der Waals surface area contributed by atoms with E-state index < -0.39 is 0 Å². The van der Waals surface area contributed by atoms with Crippen molar-refractivity contribution >= 4 is 0 Å². The Morgan fingerprint density at radius 1 is 1.31 bits per heavy atom. The van der Waals surface area contributed by atoms with Crippen molar-refractivity contribution < 1.29 is 27.9 Å². The summed E-state index contributed by atoms with van der Waals surface area (Å²) in [4.78, 5) is 4.97. The van der Waals surface area contributed by atoms with Crippen molar-refractivity contribution in [2.75, 3.05) is 6.54 Å². The maximum atomic E-state index is 9.11. The molecule has 1 aliphatic rings. The van der Waals surface area contributed by atoms with Crippen LogP contribution in [0.4, 0.5) is 0 Å². The van der Waals surface area contributed by atoms with Crippen molar-refractivity contribution in [2.45, 2.75) is 6.42 Å². The second kappa shape index (κ2) is 5.48. The largest absolute Gasteiger partial charge is 1.00 e. The molecule has 0 atom stereocenters. The molecule has 0 saturated heterocycles. The van der Waals surface area contributed by atoms with Gasteiger partial charge in [0.15, 0.2) is 0 Å². The maximum Gasteiger partial charge on any atom is 0.277 e. The van der Waals surface area contributed by atoms with E-state index in [1.807, 2.05) is 17.1 Å². The van der Waals surface area contributed by atoms with Gasteiger partial charge >= 0.3 is 0 Å². The molecule has 6 heteroatoms. The third-order valence-corrected chi connectivity index (χ3v) is 2.21. The first-order chi connectivity index (χ1) is 7.24. The predicted molar refractivity (Wildman–Crippen MR) is 53.8 cm³/mol. The molecule has 5 nitrogen and oxygen atoms in total. The lowest BCUT2D eigenvalue weighted by Gasteiger charge is -2.08. The van der Waals surface area contributed by atoms with Crippen LogP contribution in [0.3, 0.4) is 0 Å². The molecule has 0 bridgehead atoms. The predicted octanol–water partition coefficient (Wildman–Crippen LogP) is -3.58. The fraction of sp³-hybridized carbons (Fsp3) is 0.200. The fourth-order valence-corrected chi connectivity index (χ4v) is 1.39. The Labute approximate surface area is 99.8 Å². The van der Waals surface area contributed by atoms with Gasteiger partial charge in [-0.1, -0.05) is 17.7 Å². The standard InChI is InChI=1S/C10H13N3O2.ClH/c11-10-7-13(12-15-10)6-5-8-1-3-9(14)4-2-8;/h1-4,7,12,14H,5-6,11H2;1H. The van der Waals surface area contributed by atoms with Crippen LogP contribution in [-0.4, -0.2) is 16.7 Å². The summed E-state index contributed by atoms with van der Waals surface area (Å²) in [7, 11) is 0. The lowest BCUT2D eigenvalue weighted by Crippen LogP contribution is -3.00.